The van der Waals surface area contributed by atoms with Crippen molar-refractivity contribution in [1.29, 1.82) is 0 Å². The first kappa shape index (κ1) is 18.4. The van der Waals surface area contributed by atoms with Crippen molar-refractivity contribution in [2.24, 2.45) is 12.2 Å². The number of sulfonamides is 1. The molecule has 28 heavy (non-hydrogen) atoms. The number of carbonyl (C=O) groups is 2. The molecule has 0 spiro atoms. The smallest absolute Gasteiger partial charge is 0.261 e. The van der Waals surface area contributed by atoms with Crippen LogP contribution in [-0.4, -0.2) is 36.2 Å². The lowest BCUT2D eigenvalue weighted by atomic mass is 10.1. The molecular formula is C20H19N3O4S. The molecule has 0 bridgehead atoms. The third-order valence-corrected chi connectivity index (χ3v) is 5.72. The molecule has 2 heterocycles. The van der Waals surface area contributed by atoms with E-state index in [9.17, 15) is 18.0 Å². The molecule has 0 saturated carbocycles. The predicted molar refractivity (Wildman–Crippen MR) is 105 cm³/mol. The van der Waals surface area contributed by atoms with E-state index in [2.05, 4.69) is 0 Å². The molecule has 1 aliphatic heterocycles. The average molecular weight is 397 g/mol. The van der Waals surface area contributed by atoms with Gasteiger partial charge >= 0.3 is 0 Å². The largest absolute Gasteiger partial charge is 0.350 e. The van der Waals surface area contributed by atoms with Crippen LogP contribution in [0.1, 0.15) is 31.8 Å². The molecular weight excluding hydrogens is 378 g/mol. The highest BCUT2D eigenvalue weighted by molar-refractivity contribution is 7.88. The summed E-state index contributed by atoms with van der Waals surface area (Å²) in [6, 6.07) is 12.2. The molecule has 0 saturated heterocycles. The Morgan fingerprint density at radius 1 is 1.00 bits per heavy atom. The number of imide groups is 1. The Bertz CT molecular complexity index is 1190. The van der Waals surface area contributed by atoms with Crippen LogP contribution in [0.5, 0.6) is 0 Å². The summed E-state index contributed by atoms with van der Waals surface area (Å²) < 4.78 is 24.7. The van der Waals surface area contributed by atoms with Crippen molar-refractivity contribution in [2.45, 2.75) is 12.2 Å². The number of benzene rings is 2. The van der Waals surface area contributed by atoms with E-state index < -0.39 is 10.0 Å². The zero-order valence-electron chi connectivity index (χ0n) is 15.3. The van der Waals surface area contributed by atoms with Gasteiger partial charge in [-0.1, -0.05) is 18.2 Å². The molecule has 8 heteroatoms. The summed E-state index contributed by atoms with van der Waals surface area (Å²) in [7, 11) is -1.73. The van der Waals surface area contributed by atoms with Crippen molar-refractivity contribution in [3.05, 3.63) is 70.9 Å². The van der Waals surface area contributed by atoms with Gasteiger partial charge < -0.3 is 4.57 Å². The molecule has 0 radical (unpaired) electrons. The lowest BCUT2D eigenvalue weighted by molar-refractivity contribution is 0.0656. The number of nitrogens with two attached hydrogens (primary N) is 1. The van der Waals surface area contributed by atoms with Gasteiger partial charge in [0.1, 0.15) is 0 Å². The van der Waals surface area contributed by atoms with Crippen LogP contribution in [0, 0.1) is 0 Å². The van der Waals surface area contributed by atoms with Crippen LogP contribution >= 0.6 is 0 Å². The molecule has 4 rings (SSSR count). The SMILES string of the molecule is Cn1cc(CCN2C(=O)c3ccccc3C2=O)c2cc(CS(N)(=O)=O)ccc21. The Morgan fingerprint density at radius 3 is 2.25 bits per heavy atom. The van der Waals surface area contributed by atoms with Gasteiger partial charge in [-0.05, 0) is 41.8 Å². The Morgan fingerprint density at radius 2 is 1.64 bits per heavy atom. The van der Waals surface area contributed by atoms with Gasteiger partial charge in [0, 0.05) is 30.7 Å². The Kier molecular flexibility index (Phi) is 4.32. The summed E-state index contributed by atoms with van der Waals surface area (Å²) in [5, 5.41) is 6.04. The van der Waals surface area contributed by atoms with Gasteiger partial charge in [0.25, 0.3) is 11.8 Å². The first-order chi connectivity index (χ1) is 13.2. The highest BCUT2D eigenvalue weighted by atomic mass is 32.2. The summed E-state index contributed by atoms with van der Waals surface area (Å²) >= 11 is 0. The molecule has 0 fully saturated rings. The third kappa shape index (κ3) is 3.21. The van der Waals surface area contributed by atoms with Gasteiger partial charge in [0.15, 0.2) is 0 Å². The Hall–Kier alpha value is -2.97. The maximum Gasteiger partial charge on any atom is 0.261 e. The first-order valence-electron chi connectivity index (χ1n) is 8.77. The van der Waals surface area contributed by atoms with E-state index in [-0.39, 0.29) is 24.1 Å². The van der Waals surface area contributed by atoms with Crippen LogP contribution in [0.25, 0.3) is 10.9 Å². The van der Waals surface area contributed by atoms with Gasteiger partial charge in [-0.3, -0.25) is 14.5 Å². The standard InChI is InChI=1S/C20H19N3O4S/c1-22-11-14(17-10-13(6-7-18(17)22)12-28(21,26)27)8-9-23-19(24)15-4-2-3-5-16(15)20(23)25/h2-7,10-11H,8-9,12H2,1H3,(H2,21,26,27). The zero-order chi connectivity index (χ0) is 20.1. The summed E-state index contributed by atoms with van der Waals surface area (Å²) in [6.07, 6.45) is 2.41. The van der Waals surface area contributed by atoms with Gasteiger partial charge in [0.05, 0.1) is 16.9 Å². The third-order valence-electron chi connectivity index (χ3n) is 4.99. The molecule has 2 amide bonds. The fraction of sp³-hybridized carbons (Fsp3) is 0.200. The fourth-order valence-corrected chi connectivity index (χ4v) is 4.36. The monoisotopic (exact) mass is 397 g/mol. The zero-order valence-corrected chi connectivity index (χ0v) is 16.1. The quantitative estimate of drug-likeness (QED) is 0.663. The van der Waals surface area contributed by atoms with Crippen molar-refractivity contribution in [1.82, 2.24) is 9.47 Å². The fourth-order valence-electron chi connectivity index (χ4n) is 3.72. The van der Waals surface area contributed by atoms with Crippen molar-refractivity contribution in [3.63, 3.8) is 0 Å². The van der Waals surface area contributed by atoms with Crippen molar-refractivity contribution in [3.8, 4) is 0 Å². The minimum atomic E-state index is -3.63. The number of hydrogen-bond acceptors (Lipinski definition) is 4. The van der Waals surface area contributed by atoms with Crippen LogP contribution in [-0.2, 0) is 29.2 Å². The normalized spacial score (nSPS) is 14.1. The maximum absolute atomic E-state index is 12.5. The first-order valence-corrected chi connectivity index (χ1v) is 10.5. The second-order valence-electron chi connectivity index (χ2n) is 6.98. The lowest BCUT2D eigenvalue weighted by Crippen LogP contribution is -2.31. The number of primary sulfonamides is 1. The number of aromatic nitrogens is 1. The molecule has 0 unspecified atom stereocenters. The molecule has 144 valence electrons. The average Bonchev–Trinajstić information content (AvgIpc) is 3.07. The van der Waals surface area contributed by atoms with E-state index >= 15 is 0 Å². The highest BCUT2D eigenvalue weighted by Gasteiger charge is 2.34. The van der Waals surface area contributed by atoms with Gasteiger partial charge in [-0.15, -0.1) is 0 Å². The van der Waals surface area contributed by atoms with E-state index in [0.29, 0.717) is 23.1 Å². The van der Waals surface area contributed by atoms with Crippen molar-refractivity contribution in [2.75, 3.05) is 6.54 Å². The number of carbonyl (C=O) groups excluding carboxylic acids is 2. The second kappa shape index (κ2) is 6.57. The number of nitrogens with zero attached hydrogens (tertiary/aromatic N) is 2. The molecule has 2 aromatic carbocycles. The molecule has 0 atom stereocenters. The molecule has 1 aromatic heterocycles. The van der Waals surface area contributed by atoms with E-state index in [4.69, 9.17) is 5.14 Å². The summed E-state index contributed by atoms with van der Waals surface area (Å²) in [4.78, 5) is 26.3. The number of rotatable bonds is 5. The summed E-state index contributed by atoms with van der Waals surface area (Å²) in [5.41, 5.74) is 3.34. The van der Waals surface area contributed by atoms with Crippen molar-refractivity contribution >= 4 is 32.7 Å². The maximum atomic E-state index is 12.5. The molecule has 2 N–H and O–H groups in total. The number of fused-ring (bicyclic) bond motifs is 2. The van der Waals surface area contributed by atoms with Gasteiger partial charge in [-0.25, -0.2) is 13.6 Å². The van der Waals surface area contributed by atoms with Crippen LogP contribution in [0.15, 0.2) is 48.7 Å². The number of aryl methyl sites for hydroxylation is 1. The van der Waals surface area contributed by atoms with Crippen LogP contribution in [0.3, 0.4) is 0 Å². The number of hydrogen-bond donors (Lipinski definition) is 1. The van der Waals surface area contributed by atoms with E-state index in [1.54, 1.807) is 36.4 Å². The topological polar surface area (TPSA) is 102 Å². The van der Waals surface area contributed by atoms with Crippen LogP contribution < -0.4 is 5.14 Å². The van der Waals surface area contributed by atoms with Crippen LogP contribution in [0.4, 0.5) is 0 Å². The second-order valence-corrected chi connectivity index (χ2v) is 8.60. The molecule has 1 aliphatic rings. The van der Waals surface area contributed by atoms with Crippen LogP contribution in [0.2, 0.25) is 0 Å². The Labute approximate surface area is 162 Å². The lowest BCUT2D eigenvalue weighted by Gasteiger charge is -2.13. The van der Waals surface area contributed by atoms with E-state index in [1.165, 1.54) is 4.90 Å². The van der Waals surface area contributed by atoms with E-state index in [1.807, 2.05) is 23.9 Å². The summed E-state index contributed by atoms with van der Waals surface area (Å²) in [5.74, 6) is -0.804. The number of amides is 2. The minimum Gasteiger partial charge on any atom is -0.350 e. The molecule has 3 aromatic rings. The van der Waals surface area contributed by atoms with E-state index in [0.717, 1.165) is 16.5 Å². The molecule has 7 nitrogen and oxygen atoms in total. The van der Waals surface area contributed by atoms with Gasteiger partial charge in [-0.2, -0.15) is 0 Å². The summed E-state index contributed by atoms with van der Waals surface area (Å²) in [6.45, 7) is 0.255. The Balaban J connectivity index is 1.61. The van der Waals surface area contributed by atoms with Crippen molar-refractivity contribution < 1.29 is 18.0 Å². The molecule has 0 aliphatic carbocycles. The highest BCUT2D eigenvalue weighted by Crippen LogP contribution is 2.26. The van der Waals surface area contributed by atoms with Gasteiger partial charge in [0.2, 0.25) is 10.0 Å². The predicted octanol–water partition coefficient (Wildman–Crippen LogP) is 1.81. The minimum absolute atomic E-state index is 0.240.